The molecule has 0 bridgehead atoms. The Morgan fingerprint density at radius 2 is 2.10 bits per heavy atom. The SMILES string of the molecule is NC1CCC(OCCNc2ccc([N+](=O)[O-])cc2I)CC1. The normalized spacial score (nSPS) is 22.0. The number of nitro benzene ring substituents is 1. The van der Waals surface area contributed by atoms with Crippen LogP contribution in [-0.4, -0.2) is 30.2 Å². The maximum Gasteiger partial charge on any atom is 0.270 e. The zero-order valence-electron chi connectivity index (χ0n) is 11.8. The van der Waals surface area contributed by atoms with Gasteiger partial charge in [0.25, 0.3) is 5.69 Å². The number of nitrogens with zero attached hydrogens (tertiary/aromatic N) is 1. The maximum atomic E-state index is 10.7. The molecule has 116 valence electrons. The van der Waals surface area contributed by atoms with Crippen LogP contribution >= 0.6 is 22.6 Å². The van der Waals surface area contributed by atoms with E-state index in [9.17, 15) is 10.1 Å². The summed E-state index contributed by atoms with van der Waals surface area (Å²) in [6.07, 6.45) is 4.48. The van der Waals surface area contributed by atoms with E-state index in [1.807, 2.05) is 0 Å². The molecule has 1 saturated carbocycles. The number of non-ortho nitro benzene ring substituents is 1. The summed E-state index contributed by atoms with van der Waals surface area (Å²) >= 11 is 2.09. The van der Waals surface area contributed by atoms with Crippen LogP contribution in [0.3, 0.4) is 0 Å². The Balaban J connectivity index is 1.72. The van der Waals surface area contributed by atoms with Gasteiger partial charge in [-0.3, -0.25) is 10.1 Å². The molecule has 0 aliphatic heterocycles. The van der Waals surface area contributed by atoms with Gasteiger partial charge in [0.05, 0.1) is 17.6 Å². The van der Waals surface area contributed by atoms with Gasteiger partial charge in [0.1, 0.15) is 0 Å². The third-order valence-electron chi connectivity index (χ3n) is 3.65. The van der Waals surface area contributed by atoms with Gasteiger partial charge < -0.3 is 15.8 Å². The van der Waals surface area contributed by atoms with Crippen molar-refractivity contribution in [2.24, 2.45) is 5.73 Å². The largest absolute Gasteiger partial charge is 0.382 e. The minimum Gasteiger partial charge on any atom is -0.382 e. The van der Waals surface area contributed by atoms with Gasteiger partial charge in [-0.05, 0) is 54.3 Å². The number of rotatable bonds is 6. The van der Waals surface area contributed by atoms with Crippen molar-refractivity contribution in [3.05, 3.63) is 31.9 Å². The van der Waals surface area contributed by atoms with E-state index in [4.69, 9.17) is 10.5 Å². The Kier molecular flexibility index (Phi) is 6.19. The van der Waals surface area contributed by atoms with Gasteiger partial charge in [0, 0.05) is 34.0 Å². The zero-order valence-corrected chi connectivity index (χ0v) is 13.9. The summed E-state index contributed by atoms with van der Waals surface area (Å²) in [5, 5.41) is 13.9. The van der Waals surface area contributed by atoms with Crippen molar-refractivity contribution in [2.75, 3.05) is 18.5 Å². The number of benzene rings is 1. The summed E-state index contributed by atoms with van der Waals surface area (Å²) in [5.41, 5.74) is 6.87. The fourth-order valence-electron chi connectivity index (χ4n) is 2.43. The quantitative estimate of drug-likeness (QED) is 0.329. The van der Waals surface area contributed by atoms with Gasteiger partial charge in [0.2, 0.25) is 0 Å². The van der Waals surface area contributed by atoms with Crippen molar-refractivity contribution < 1.29 is 9.66 Å². The topological polar surface area (TPSA) is 90.4 Å². The number of nitrogens with two attached hydrogens (primary N) is 1. The Labute approximate surface area is 137 Å². The van der Waals surface area contributed by atoms with Crippen LogP contribution in [0.4, 0.5) is 11.4 Å². The molecular formula is C14H20IN3O3. The Bertz CT molecular complexity index is 490. The molecule has 2 rings (SSSR count). The Morgan fingerprint density at radius 3 is 2.71 bits per heavy atom. The second-order valence-corrected chi connectivity index (χ2v) is 6.42. The van der Waals surface area contributed by atoms with Gasteiger partial charge in [-0.2, -0.15) is 0 Å². The Hall–Kier alpha value is -0.930. The molecule has 3 N–H and O–H groups in total. The highest BCUT2D eigenvalue weighted by Crippen LogP contribution is 2.23. The number of anilines is 1. The summed E-state index contributed by atoms with van der Waals surface area (Å²) in [7, 11) is 0. The van der Waals surface area contributed by atoms with Crippen LogP contribution in [0.15, 0.2) is 18.2 Å². The van der Waals surface area contributed by atoms with E-state index in [2.05, 4.69) is 27.9 Å². The lowest BCUT2D eigenvalue weighted by Gasteiger charge is -2.26. The second-order valence-electron chi connectivity index (χ2n) is 5.26. The van der Waals surface area contributed by atoms with Gasteiger partial charge >= 0.3 is 0 Å². The van der Waals surface area contributed by atoms with E-state index in [1.165, 1.54) is 6.07 Å². The highest BCUT2D eigenvalue weighted by molar-refractivity contribution is 14.1. The number of nitrogens with one attached hydrogen (secondary N) is 1. The van der Waals surface area contributed by atoms with Crippen LogP contribution in [0.1, 0.15) is 25.7 Å². The number of nitro groups is 1. The standard InChI is InChI=1S/C14H20IN3O3/c15-13-9-11(18(19)20)3-6-14(13)17-7-8-21-12-4-1-10(16)2-5-12/h3,6,9-10,12,17H,1-2,4-5,7-8,16H2. The molecule has 0 atom stereocenters. The molecule has 0 aromatic heterocycles. The van der Waals surface area contributed by atoms with Gasteiger partial charge in [-0.1, -0.05) is 0 Å². The number of ether oxygens (including phenoxy) is 1. The van der Waals surface area contributed by atoms with Crippen molar-refractivity contribution in [1.29, 1.82) is 0 Å². The molecule has 1 aliphatic carbocycles. The highest BCUT2D eigenvalue weighted by atomic mass is 127. The predicted octanol–water partition coefficient (Wildman–Crippen LogP) is 2.90. The maximum absolute atomic E-state index is 10.7. The first-order chi connectivity index (χ1) is 10.1. The molecule has 6 nitrogen and oxygen atoms in total. The Morgan fingerprint density at radius 1 is 1.38 bits per heavy atom. The summed E-state index contributed by atoms with van der Waals surface area (Å²) in [6, 6.07) is 5.14. The molecule has 1 aliphatic rings. The van der Waals surface area contributed by atoms with Crippen molar-refractivity contribution in [3.8, 4) is 0 Å². The fourth-order valence-corrected chi connectivity index (χ4v) is 3.12. The average molecular weight is 405 g/mol. The molecule has 0 heterocycles. The smallest absolute Gasteiger partial charge is 0.270 e. The zero-order chi connectivity index (χ0) is 15.2. The van der Waals surface area contributed by atoms with Crippen molar-refractivity contribution >= 4 is 34.0 Å². The molecular weight excluding hydrogens is 385 g/mol. The van der Waals surface area contributed by atoms with Gasteiger partial charge in [0.15, 0.2) is 0 Å². The molecule has 1 aromatic rings. The number of halogens is 1. The highest BCUT2D eigenvalue weighted by Gasteiger charge is 2.18. The molecule has 21 heavy (non-hydrogen) atoms. The number of hydrogen-bond donors (Lipinski definition) is 2. The lowest BCUT2D eigenvalue weighted by Crippen LogP contribution is -2.31. The molecule has 0 saturated heterocycles. The first kappa shape index (κ1) is 16.4. The third kappa shape index (κ3) is 5.08. The monoisotopic (exact) mass is 405 g/mol. The molecule has 0 amide bonds. The first-order valence-electron chi connectivity index (χ1n) is 7.11. The molecule has 0 spiro atoms. The van der Waals surface area contributed by atoms with E-state index in [0.29, 0.717) is 25.3 Å². The summed E-state index contributed by atoms with van der Waals surface area (Å²) in [6.45, 7) is 1.32. The van der Waals surface area contributed by atoms with E-state index >= 15 is 0 Å². The molecule has 0 unspecified atom stereocenters. The van der Waals surface area contributed by atoms with Crippen LogP contribution in [0.2, 0.25) is 0 Å². The van der Waals surface area contributed by atoms with Crippen molar-refractivity contribution in [3.63, 3.8) is 0 Å². The lowest BCUT2D eigenvalue weighted by molar-refractivity contribution is -0.384. The minimum absolute atomic E-state index is 0.111. The predicted molar refractivity (Wildman–Crippen MR) is 90.5 cm³/mol. The van der Waals surface area contributed by atoms with Crippen LogP contribution in [-0.2, 0) is 4.74 Å². The molecule has 1 fully saturated rings. The summed E-state index contributed by atoms with van der Waals surface area (Å²) < 4.78 is 6.66. The minimum atomic E-state index is -0.386. The van der Waals surface area contributed by atoms with Crippen LogP contribution in [0, 0.1) is 13.7 Å². The van der Waals surface area contributed by atoms with E-state index in [-0.39, 0.29) is 10.6 Å². The van der Waals surface area contributed by atoms with Crippen LogP contribution < -0.4 is 11.1 Å². The fraction of sp³-hybridized carbons (Fsp3) is 0.571. The van der Waals surface area contributed by atoms with E-state index in [1.54, 1.807) is 12.1 Å². The molecule has 7 heteroatoms. The summed E-state index contributed by atoms with van der Waals surface area (Å²) in [5.74, 6) is 0. The molecule has 1 aromatic carbocycles. The second kappa shape index (κ2) is 7.90. The van der Waals surface area contributed by atoms with E-state index < -0.39 is 0 Å². The summed E-state index contributed by atoms with van der Waals surface area (Å²) in [4.78, 5) is 10.3. The van der Waals surface area contributed by atoms with Crippen LogP contribution in [0.25, 0.3) is 0 Å². The van der Waals surface area contributed by atoms with E-state index in [0.717, 1.165) is 34.9 Å². The van der Waals surface area contributed by atoms with Crippen molar-refractivity contribution in [1.82, 2.24) is 0 Å². The van der Waals surface area contributed by atoms with Crippen LogP contribution in [0.5, 0.6) is 0 Å². The molecule has 0 radical (unpaired) electrons. The number of hydrogen-bond acceptors (Lipinski definition) is 5. The first-order valence-corrected chi connectivity index (χ1v) is 8.19. The lowest BCUT2D eigenvalue weighted by atomic mass is 9.94. The third-order valence-corrected chi connectivity index (χ3v) is 4.55. The van der Waals surface area contributed by atoms with Gasteiger partial charge in [-0.25, -0.2) is 0 Å². The average Bonchev–Trinajstić information content (AvgIpc) is 2.46. The van der Waals surface area contributed by atoms with Gasteiger partial charge in [-0.15, -0.1) is 0 Å². The van der Waals surface area contributed by atoms with Crippen molar-refractivity contribution in [2.45, 2.75) is 37.8 Å².